The molecule has 0 radical (unpaired) electrons. The number of anilines is 1. The van der Waals surface area contributed by atoms with Crippen LogP contribution in [-0.4, -0.2) is 29.8 Å². The first kappa shape index (κ1) is 19.8. The number of halogens is 1. The number of piperidine rings is 1. The van der Waals surface area contributed by atoms with Crippen molar-refractivity contribution in [1.82, 2.24) is 4.90 Å². The Hall–Kier alpha value is -1.55. The van der Waals surface area contributed by atoms with Crippen LogP contribution in [0, 0.1) is 11.8 Å². The van der Waals surface area contributed by atoms with Gasteiger partial charge in [0.15, 0.2) is 0 Å². The average molecular weight is 365 g/mol. The van der Waals surface area contributed by atoms with Crippen LogP contribution in [0.1, 0.15) is 51.7 Å². The van der Waals surface area contributed by atoms with E-state index in [1.807, 2.05) is 37.8 Å². The van der Waals surface area contributed by atoms with E-state index in [-0.39, 0.29) is 23.7 Å². The van der Waals surface area contributed by atoms with E-state index in [0.717, 1.165) is 29.7 Å². The van der Waals surface area contributed by atoms with Crippen molar-refractivity contribution in [2.75, 3.05) is 18.4 Å². The molecule has 0 aromatic heterocycles. The van der Waals surface area contributed by atoms with Gasteiger partial charge in [0, 0.05) is 35.6 Å². The monoisotopic (exact) mass is 364 g/mol. The Labute approximate surface area is 155 Å². The fourth-order valence-corrected chi connectivity index (χ4v) is 3.71. The van der Waals surface area contributed by atoms with Crippen molar-refractivity contribution in [3.8, 4) is 0 Å². The molecule has 1 aliphatic heterocycles. The number of hydrogen-bond donors (Lipinski definition) is 1. The second-order valence-electron chi connectivity index (χ2n) is 7.01. The van der Waals surface area contributed by atoms with E-state index < -0.39 is 0 Å². The van der Waals surface area contributed by atoms with Crippen LogP contribution in [0.15, 0.2) is 12.1 Å². The fourth-order valence-electron chi connectivity index (χ4n) is 3.42. The Bertz CT molecular complexity index is 635. The molecule has 0 aliphatic carbocycles. The fraction of sp³-hybridized carbons (Fsp3) is 0.600. The number of nitrogens with one attached hydrogen (secondary N) is 1. The Morgan fingerprint density at radius 3 is 2.36 bits per heavy atom. The molecule has 2 amide bonds. The van der Waals surface area contributed by atoms with Crippen molar-refractivity contribution in [1.29, 1.82) is 0 Å². The van der Waals surface area contributed by atoms with Crippen LogP contribution in [0.4, 0.5) is 5.69 Å². The molecule has 1 N–H and O–H groups in total. The first-order chi connectivity index (χ1) is 11.9. The highest BCUT2D eigenvalue weighted by Gasteiger charge is 2.29. The van der Waals surface area contributed by atoms with Gasteiger partial charge in [0.05, 0.1) is 0 Å². The SMILES string of the molecule is CCc1ccc(Cl)c(CC)c1NC(=O)C1CCN(C(=O)C(C)C)CC1. The lowest BCUT2D eigenvalue weighted by molar-refractivity contribution is -0.137. The topological polar surface area (TPSA) is 49.4 Å². The van der Waals surface area contributed by atoms with E-state index in [1.165, 1.54) is 0 Å². The number of amides is 2. The van der Waals surface area contributed by atoms with Crippen molar-refractivity contribution in [2.24, 2.45) is 11.8 Å². The number of hydrogen-bond acceptors (Lipinski definition) is 2. The standard InChI is InChI=1S/C20H29ClN2O2/c1-5-14-7-8-17(21)16(6-2)18(14)22-19(24)15-9-11-23(12-10-15)20(25)13(3)4/h7-8,13,15H,5-6,9-12H2,1-4H3,(H,22,24). The first-order valence-electron chi connectivity index (χ1n) is 9.28. The second-order valence-corrected chi connectivity index (χ2v) is 7.42. The minimum atomic E-state index is -0.0513. The van der Waals surface area contributed by atoms with Crippen LogP contribution in [0.25, 0.3) is 0 Å². The first-order valence-corrected chi connectivity index (χ1v) is 9.66. The highest BCUT2D eigenvalue weighted by molar-refractivity contribution is 6.32. The molecular weight excluding hydrogens is 336 g/mol. The summed E-state index contributed by atoms with van der Waals surface area (Å²) >= 11 is 6.32. The lowest BCUT2D eigenvalue weighted by Crippen LogP contribution is -2.43. The molecule has 1 saturated heterocycles. The minimum absolute atomic E-state index is 0.0102. The van der Waals surface area contributed by atoms with Crippen LogP contribution >= 0.6 is 11.6 Å². The van der Waals surface area contributed by atoms with E-state index in [4.69, 9.17) is 11.6 Å². The van der Waals surface area contributed by atoms with Gasteiger partial charge in [0.2, 0.25) is 11.8 Å². The third-order valence-corrected chi connectivity index (χ3v) is 5.35. The molecule has 138 valence electrons. The van der Waals surface area contributed by atoms with Crippen molar-refractivity contribution < 1.29 is 9.59 Å². The maximum absolute atomic E-state index is 12.8. The molecule has 0 bridgehead atoms. The lowest BCUT2D eigenvalue weighted by Gasteiger charge is -2.32. The van der Waals surface area contributed by atoms with Crippen molar-refractivity contribution in [3.05, 3.63) is 28.3 Å². The van der Waals surface area contributed by atoms with E-state index in [2.05, 4.69) is 12.2 Å². The van der Waals surface area contributed by atoms with Crippen molar-refractivity contribution in [3.63, 3.8) is 0 Å². The van der Waals surface area contributed by atoms with Crippen LogP contribution in [0.2, 0.25) is 5.02 Å². The number of carbonyl (C=O) groups excluding carboxylic acids is 2. The zero-order valence-electron chi connectivity index (χ0n) is 15.7. The molecule has 0 unspecified atom stereocenters. The molecule has 0 atom stereocenters. The summed E-state index contributed by atoms with van der Waals surface area (Å²) in [7, 11) is 0. The average Bonchev–Trinajstić information content (AvgIpc) is 2.61. The maximum atomic E-state index is 12.8. The van der Waals surface area contributed by atoms with Gasteiger partial charge < -0.3 is 10.2 Å². The smallest absolute Gasteiger partial charge is 0.227 e. The Balaban J connectivity index is 2.07. The lowest BCUT2D eigenvalue weighted by atomic mass is 9.94. The molecule has 1 heterocycles. The van der Waals surface area contributed by atoms with Gasteiger partial charge in [-0.2, -0.15) is 0 Å². The summed E-state index contributed by atoms with van der Waals surface area (Å²) in [5, 5.41) is 3.83. The molecule has 1 aromatic carbocycles. The quantitative estimate of drug-likeness (QED) is 0.846. The molecule has 25 heavy (non-hydrogen) atoms. The van der Waals surface area contributed by atoms with Gasteiger partial charge in [-0.15, -0.1) is 0 Å². The summed E-state index contributed by atoms with van der Waals surface area (Å²) < 4.78 is 0. The molecule has 4 nitrogen and oxygen atoms in total. The van der Waals surface area contributed by atoms with E-state index in [0.29, 0.717) is 31.0 Å². The summed E-state index contributed by atoms with van der Waals surface area (Å²) in [4.78, 5) is 26.7. The van der Waals surface area contributed by atoms with Gasteiger partial charge in [-0.05, 0) is 42.9 Å². The van der Waals surface area contributed by atoms with E-state index in [9.17, 15) is 9.59 Å². The highest BCUT2D eigenvalue weighted by atomic mass is 35.5. The zero-order chi connectivity index (χ0) is 18.6. The number of rotatable bonds is 5. The van der Waals surface area contributed by atoms with Crippen LogP contribution < -0.4 is 5.32 Å². The third kappa shape index (κ3) is 4.55. The van der Waals surface area contributed by atoms with Gasteiger partial charge >= 0.3 is 0 Å². The van der Waals surface area contributed by atoms with Crippen LogP contribution in [0.5, 0.6) is 0 Å². The highest BCUT2D eigenvalue weighted by Crippen LogP contribution is 2.31. The minimum Gasteiger partial charge on any atom is -0.342 e. The van der Waals surface area contributed by atoms with E-state index in [1.54, 1.807) is 0 Å². The molecule has 2 rings (SSSR count). The Morgan fingerprint density at radius 2 is 1.84 bits per heavy atom. The zero-order valence-corrected chi connectivity index (χ0v) is 16.4. The summed E-state index contributed by atoms with van der Waals surface area (Å²) in [5.74, 6) is 0.180. The predicted octanol–water partition coefficient (Wildman–Crippen LogP) is 4.30. The normalized spacial score (nSPS) is 15.5. The van der Waals surface area contributed by atoms with Gasteiger partial charge in [-0.25, -0.2) is 0 Å². The van der Waals surface area contributed by atoms with Gasteiger partial charge in [-0.3, -0.25) is 9.59 Å². The molecular formula is C20H29ClN2O2. The van der Waals surface area contributed by atoms with Gasteiger partial charge in [0.1, 0.15) is 0 Å². The summed E-state index contributed by atoms with van der Waals surface area (Å²) in [6.45, 7) is 9.27. The second kappa shape index (κ2) is 8.70. The summed E-state index contributed by atoms with van der Waals surface area (Å²) in [5.41, 5.74) is 2.99. The third-order valence-electron chi connectivity index (χ3n) is 5.00. The molecule has 1 aliphatic rings. The number of likely N-dealkylation sites (tertiary alicyclic amines) is 1. The molecule has 0 spiro atoms. The van der Waals surface area contributed by atoms with Gasteiger partial charge in [-0.1, -0.05) is 45.4 Å². The van der Waals surface area contributed by atoms with Crippen molar-refractivity contribution >= 4 is 29.1 Å². The van der Waals surface area contributed by atoms with Crippen molar-refractivity contribution in [2.45, 2.75) is 53.4 Å². The summed E-state index contributed by atoms with van der Waals surface area (Å²) in [6, 6.07) is 3.89. The molecule has 5 heteroatoms. The number of benzene rings is 1. The van der Waals surface area contributed by atoms with Gasteiger partial charge in [0.25, 0.3) is 0 Å². The molecule has 1 aromatic rings. The predicted molar refractivity (Wildman–Crippen MR) is 103 cm³/mol. The number of aryl methyl sites for hydroxylation is 1. The largest absolute Gasteiger partial charge is 0.342 e. The maximum Gasteiger partial charge on any atom is 0.227 e. The molecule has 0 saturated carbocycles. The van der Waals surface area contributed by atoms with Crippen LogP contribution in [-0.2, 0) is 22.4 Å². The van der Waals surface area contributed by atoms with E-state index >= 15 is 0 Å². The molecule has 1 fully saturated rings. The Morgan fingerprint density at radius 1 is 1.20 bits per heavy atom. The number of carbonyl (C=O) groups is 2. The summed E-state index contributed by atoms with van der Waals surface area (Å²) in [6.07, 6.45) is 3.06. The van der Waals surface area contributed by atoms with Crippen LogP contribution in [0.3, 0.4) is 0 Å². The number of nitrogens with zero attached hydrogens (tertiary/aromatic N) is 1. The Kier molecular flexibility index (Phi) is 6.88.